The maximum absolute atomic E-state index is 11.2. The minimum Gasteiger partial charge on any atom is -0.444 e. The summed E-state index contributed by atoms with van der Waals surface area (Å²) >= 11 is 16.2. The van der Waals surface area contributed by atoms with Crippen LogP contribution in [0, 0.1) is 0 Å². The molecule has 0 radical (unpaired) electrons. The summed E-state index contributed by atoms with van der Waals surface area (Å²) in [5.74, 6) is 0. The molecule has 18 heavy (non-hydrogen) atoms. The first-order chi connectivity index (χ1) is 8.40. The fraction of sp³-hybridized carbons (Fsp3) is 0.200. The van der Waals surface area contributed by atoms with E-state index >= 15 is 0 Å². The highest BCUT2D eigenvalue weighted by atomic mass is 35.6. The molecule has 5 nitrogen and oxygen atoms in total. The number of carbonyl (C=O) groups is 2. The van der Waals surface area contributed by atoms with Crippen molar-refractivity contribution in [2.45, 2.75) is 3.79 Å². The third-order valence-electron chi connectivity index (χ3n) is 1.72. The standard InChI is InChI=1S/C10H9Cl3N2O3/c11-10(12,13)6-18-9(17)15-14-8-3-1-7(5-16)2-4-8/h1-5,14H,6H2,(H,15,17). The largest absolute Gasteiger partial charge is 0.444 e. The highest BCUT2D eigenvalue weighted by molar-refractivity contribution is 6.67. The van der Waals surface area contributed by atoms with Crippen LogP contribution < -0.4 is 10.9 Å². The van der Waals surface area contributed by atoms with Crippen LogP contribution in [0.2, 0.25) is 0 Å². The Labute approximate surface area is 118 Å². The van der Waals surface area contributed by atoms with Crippen LogP contribution in [-0.2, 0) is 4.74 Å². The van der Waals surface area contributed by atoms with Crippen LogP contribution in [0.25, 0.3) is 0 Å². The van der Waals surface area contributed by atoms with Gasteiger partial charge < -0.3 is 4.74 Å². The zero-order valence-electron chi connectivity index (χ0n) is 8.95. The molecule has 0 saturated heterocycles. The van der Waals surface area contributed by atoms with Crippen molar-refractivity contribution in [2.75, 3.05) is 12.0 Å². The third kappa shape index (κ3) is 5.95. The Hall–Kier alpha value is -1.17. The van der Waals surface area contributed by atoms with Gasteiger partial charge in [-0.05, 0) is 24.3 Å². The average molecular weight is 312 g/mol. The Morgan fingerprint density at radius 3 is 2.39 bits per heavy atom. The number of aldehydes is 1. The van der Waals surface area contributed by atoms with E-state index in [9.17, 15) is 9.59 Å². The molecule has 0 aliphatic rings. The molecule has 0 bridgehead atoms. The fourth-order valence-corrected chi connectivity index (χ4v) is 1.12. The molecule has 0 fully saturated rings. The molecule has 8 heteroatoms. The van der Waals surface area contributed by atoms with Gasteiger partial charge in [-0.15, -0.1) is 0 Å². The molecule has 0 unspecified atom stereocenters. The van der Waals surface area contributed by atoms with Gasteiger partial charge in [0.25, 0.3) is 0 Å². The van der Waals surface area contributed by atoms with Crippen molar-refractivity contribution >= 4 is 52.9 Å². The Balaban J connectivity index is 2.35. The molecule has 0 aliphatic carbocycles. The summed E-state index contributed by atoms with van der Waals surface area (Å²) in [6, 6.07) is 6.39. The number of ether oxygens (including phenoxy) is 1. The second kappa shape index (κ2) is 6.68. The number of hydrogen-bond acceptors (Lipinski definition) is 4. The first-order valence-corrected chi connectivity index (χ1v) is 5.85. The normalized spacial score (nSPS) is 10.6. The third-order valence-corrected chi connectivity index (χ3v) is 2.05. The van der Waals surface area contributed by atoms with E-state index in [1.165, 1.54) is 0 Å². The molecule has 0 spiro atoms. The van der Waals surface area contributed by atoms with E-state index in [0.717, 1.165) is 0 Å². The molecule has 1 aromatic rings. The molecule has 0 aliphatic heterocycles. The summed E-state index contributed by atoms with van der Waals surface area (Å²) < 4.78 is 2.96. The molecule has 0 heterocycles. The van der Waals surface area contributed by atoms with Crippen LogP contribution >= 0.6 is 34.8 Å². The minimum absolute atomic E-state index is 0.366. The smallest absolute Gasteiger partial charge is 0.426 e. The Morgan fingerprint density at radius 2 is 1.89 bits per heavy atom. The molecule has 1 aromatic carbocycles. The topological polar surface area (TPSA) is 67.4 Å². The van der Waals surface area contributed by atoms with Crippen molar-refractivity contribution in [2.24, 2.45) is 0 Å². The summed E-state index contributed by atoms with van der Waals surface area (Å²) in [7, 11) is 0. The lowest BCUT2D eigenvalue weighted by Crippen LogP contribution is -2.32. The quantitative estimate of drug-likeness (QED) is 0.510. The van der Waals surface area contributed by atoms with Crippen molar-refractivity contribution in [1.82, 2.24) is 5.43 Å². The maximum atomic E-state index is 11.2. The van der Waals surface area contributed by atoms with Crippen LogP contribution in [0.1, 0.15) is 10.4 Å². The van der Waals surface area contributed by atoms with E-state index in [-0.39, 0.29) is 6.61 Å². The second-order valence-corrected chi connectivity index (χ2v) is 5.70. The summed E-state index contributed by atoms with van der Waals surface area (Å²) in [5.41, 5.74) is 5.90. The number of amides is 1. The molecule has 0 aromatic heterocycles. The van der Waals surface area contributed by atoms with Gasteiger partial charge in [0.05, 0.1) is 5.69 Å². The average Bonchev–Trinajstić information content (AvgIpc) is 2.33. The highest BCUT2D eigenvalue weighted by Gasteiger charge is 2.21. The van der Waals surface area contributed by atoms with Crippen LogP contribution in [0.4, 0.5) is 10.5 Å². The Bertz CT molecular complexity index is 417. The lowest BCUT2D eigenvalue weighted by Gasteiger charge is -2.12. The lowest BCUT2D eigenvalue weighted by atomic mass is 10.2. The van der Waals surface area contributed by atoms with Gasteiger partial charge in [0, 0.05) is 5.56 Å². The number of hydrogen-bond donors (Lipinski definition) is 2. The van der Waals surface area contributed by atoms with Crippen LogP contribution in [0.3, 0.4) is 0 Å². The van der Waals surface area contributed by atoms with Gasteiger partial charge in [-0.1, -0.05) is 34.8 Å². The first-order valence-electron chi connectivity index (χ1n) is 4.71. The minimum atomic E-state index is -1.65. The molecule has 1 rings (SSSR count). The van der Waals surface area contributed by atoms with Crippen molar-refractivity contribution < 1.29 is 14.3 Å². The SMILES string of the molecule is O=Cc1ccc(NNC(=O)OCC(Cl)(Cl)Cl)cc1. The number of benzene rings is 1. The molecule has 1 amide bonds. The van der Waals surface area contributed by atoms with Gasteiger partial charge in [0.1, 0.15) is 12.9 Å². The fourth-order valence-electron chi connectivity index (χ4n) is 0.952. The number of rotatable bonds is 4. The van der Waals surface area contributed by atoms with Crippen LogP contribution in [-0.4, -0.2) is 22.8 Å². The number of halogens is 3. The Kier molecular flexibility index (Phi) is 5.53. The molecule has 2 N–H and O–H groups in total. The van der Waals surface area contributed by atoms with E-state index in [1.54, 1.807) is 24.3 Å². The summed E-state index contributed by atoms with van der Waals surface area (Å²) in [5, 5.41) is 0. The molecule has 0 atom stereocenters. The van der Waals surface area contributed by atoms with Gasteiger partial charge >= 0.3 is 6.09 Å². The molecule has 0 saturated carbocycles. The van der Waals surface area contributed by atoms with Crippen molar-refractivity contribution in [1.29, 1.82) is 0 Å². The summed E-state index contributed by atoms with van der Waals surface area (Å²) in [6.07, 6.45) is -0.0762. The number of anilines is 1. The van der Waals surface area contributed by atoms with E-state index in [1.807, 2.05) is 0 Å². The van der Waals surface area contributed by atoms with E-state index in [2.05, 4.69) is 15.6 Å². The molecule has 98 valence electrons. The number of nitrogens with one attached hydrogen (secondary N) is 2. The lowest BCUT2D eigenvalue weighted by molar-refractivity contribution is 0.112. The van der Waals surface area contributed by atoms with E-state index in [4.69, 9.17) is 34.8 Å². The molecular weight excluding hydrogens is 302 g/mol. The predicted octanol–water partition coefficient (Wildman–Crippen LogP) is 2.92. The maximum Gasteiger partial charge on any atom is 0.426 e. The summed E-state index contributed by atoms with van der Waals surface area (Å²) in [4.78, 5) is 21.6. The number of hydrazine groups is 1. The van der Waals surface area contributed by atoms with Gasteiger partial charge in [-0.2, -0.15) is 0 Å². The van der Waals surface area contributed by atoms with Gasteiger partial charge in [0.15, 0.2) is 0 Å². The van der Waals surface area contributed by atoms with Gasteiger partial charge in [-0.3, -0.25) is 10.2 Å². The predicted molar refractivity (Wildman–Crippen MR) is 70.2 cm³/mol. The number of alkyl halides is 3. The zero-order chi connectivity index (χ0) is 13.6. The highest BCUT2D eigenvalue weighted by Crippen LogP contribution is 2.25. The van der Waals surface area contributed by atoms with Gasteiger partial charge in [0.2, 0.25) is 3.79 Å². The van der Waals surface area contributed by atoms with Crippen LogP contribution in [0.5, 0.6) is 0 Å². The first kappa shape index (κ1) is 14.9. The summed E-state index contributed by atoms with van der Waals surface area (Å²) in [6.45, 7) is -0.366. The second-order valence-electron chi connectivity index (χ2n) is 3.18. The monoisotopic (exact) mass is 310 g/mol. The van der Waals surface area contributed by atoms with Crippen molar-refractivity contribution in [3.63, 3.8) is 0 Å². The molecular formula is C10H9Cl3N2O3. The van der Waals surface area contributed by atoms with Gasteiger partial charge in [-0.25, -0.2) is 10.2 Å². The van der Waals surface area contributed by atoms with Crippen molar-refractivity contribution in [3.8, 4) is 0 Å². The number of carbonyl (C=O) groups excluding carboxylic acids is 2. The van der Waals surface area contributed by atoms with Crippen LogP contribution in [0.15, 0.2) is 24.3 Å². The van der Waals surface area contributed by atoms with E-state index < -0.39 is 9.89 Å². The Morgan fingerprint density at radius 1 is 1.28 bits per heavy atom. The zero-order valence-corrected chi connectivity index (χ0v) is 11.2. The van der Waals surface area contributed by atoms with E-state index in [0.29, 0.717) is 17.5 Å². The van der Waals surface area contributed by atoms with Crippen molar-refractivity contribution in [3.05, 3.63) is 29.8 Å².